The fraction of sp³-hybridized carbons (Fsp3) is 0.280. The summed E-state index contributed by atoms with van der Waals surface area (Å²) in [5.74, 6) is 0.407. The number of benzene rings is 3. The monoisotopic (exact) mass is 491 g/mol. The van der Waals surface area contributed by atoms with Gasteiger partial charge in [-0.1, -0.05) is 48.5 Å². The number of nitrogens with zero attached hydrogens (tertiary/aromatic N) is 1. The molecule has 0 N–H and O–H groups in total. The maximum Gasteiger partial charge on any atom is 0.573 e. The van der Waals surface area contributed by atoms with E-state index < -0.39 is 16.4 Å². The number of ether oxygens (including phenoxy) is 2. The first-order valence-electron chi connectivity index (χ1n) is 10.8. The zero-order chi connectivity index (χ0) is 24.3. The van der Waals surface area contributed by atoms with Crippen molar-refractivity contribution >= 4 is 10.0 Å². The lowest BCUT2D eigenvalue weighted by Crippen LogP contribution is -2.41. The quantitative estimate of drug-likeness (QED) is 0.443. The molecular formula is C25H24F3NO4S. The highest BCUT2D eigenvalue weighted by Crippen LogP contribution is 2.35. The summed E-state index contributed by atoms with van der Waals surface area (Å²) in [5.41, 5.74) is 3.42. The van der Waals surface area contributed by atoms with E-state index in [0.717, 1.165) is 22.3 Å². The third-order valence-electron chi connectivity index (χ3n) is 5.64. The van der Waals surface area contributed by atoms with Crippen LogP contribution in [0.4, 0.5) is 13.2 Å². The van der Waals surface area contributed by atoms with E-state index >= 15 is 0 Å². The summed E-state index contributed by atoms with van der Waals surface area (Å²) in [4.78, 5) is 0. The Bertz CT molecular complexity index is 1240. The number of piperidine rings is 1. The molecule has 1 aliphatic rings. The summed E-state index contributed by atoms with van der Waals surface area (Å²) in [5, 5.41) is 0. The molecule has 0 radical (unpaired) electrons. The third-order valence-corrected chi connectivity index (χ3v) is 6.95. The summed E-state index contributed by atoms with van der Waals surface area (Å²) >= 11 is 0. The van der Waals surface area contributed by atoms with E-state index in [-0.39, 0.29) is 11.9 Å². The zero-order valence-electron chi connectivity index (χ0n) is 18.5. The van der Waals surface area contributed by atoms with E-state index in [4.69, 9.17) is 4.74 Å². The Morgan fingerprint density at radius 2 is 1.44 bits per heavy atom. The van der Waals surface area contributed by atoms with Gasteiger partial charge in [0.1, 0.15) is 17.6 Å². The highest BCUT2D eigenvalue weighted by molar-refractivity contribution is 7.88. The lowest BCUT2D eigenvalue weighted by molar-refractivity contribution is -0.274. The molecule has 1 saturated heterocycles. The number of halogens is 3. The van der Waals surface area contributed by atoms with Crippen LogP contribution in [0.15, 0.2) is 72.8 Å². The van der Waals surface area contributed by atoms with Crippen molar-refractivity contribution in [2.24, 2.45) is 0 Å². The second-order valence-corrected chi connectivity index (χ2v) is 10.1. The molecule has 180 valence electrons. The molecule has 1 fully saturated rings. The van der Waals surface area contributed by atoms with E-state index in [9.17, 15) is 21.6 Å². The lowest BCUT2D eigenvalue weighted by atomic mass is 9.94. The molecule has 0 unspecified atom stereocenters. The molecule has 9 heteroatoms. The van der Waals surface area contributed by atoms with Crippen LogP contribution in [0, 0.1) is 0 Å². The van der Waals surface area contributed by atoms with E-state index in [1.165, 1.54) is 22.7 Å². The Hall–Kier alpha value is -3.04. The molecule has 0 amide bonds. The van der Waals surface area contributed by atoms with Gasteiger partial charge in [-0.3, -0.25) is 0 Å². The van der Waals surface area contributed by atoms with Crippen LogP contribution < -0.4 is 9.47 Å². The van der Waals surface area contributed by atoms with Gasteiger partial charge in [0.05, 0.1) is 6.26 Å². The van der Waals surface area contributed by atoms with Crippen molar-refractivity contribution in [3.05, 3.63) is 72.8 Å². The van der Waals surface area contributed by atoms with Crippen molar-refractivity contribution in [2.45, 2.75) is 25.3 Å². The predicted molar refractivity (Wildman–Crippen MR) is 124 cm³/mol. The molecule has 34 heavy (non-hydrogen) atoms. The fourth-order valence-electron chi connectivity index (χ4n) is 4.03. The molecule has 3 aromatic carbocycles. The van der Waals surface area contributed by atoms with Crippen LogP contribution >= 0.6 is 0 Å². The average molecular weight is 492 g/mol. The van der Waals surface area contributed by atoms with Gasteiger partial charge in [-0.05, 0) is 59.4 Å². The minimum Gasteiger partial charge on any atom is -0.490 e. The number of hydrogen-bond donors (Lipinski definition) is 0. The minimum atomic E-state index is -4.73. The zero-order valence-corrected chi connectivity index (χ0v) is 19.3. The molecule has 5 nitrogen and oxygen atoms in total. The van der Waals surface area contributed by atoms with E-state index in [2.05, 4.69) is 4.74 Å². The van der Waals surface area contributed by atoms with Crippen molar-refractivity contribution < 1.29 is 31.1 Å². The highest BCUT2D eigenvalue weighted by Gasteiger charge is 2.31. The smallest absolute Gasteiger partial charge is 0.490 e. The molecule has 1 aliphatic heterocycles. The van der Waals surface area contributed by atoms with Crippen LogP contribution in [0.2, 0.25) is 0 Å². The summed E-state index contributed by atoms with van der Waals surface area (Å²) < 4.78 is 72.4. The molecule has 0 atom stereocenters. The summed E-state index contributed by atoms with van der Waals surface area (Å²) in [6.45, 7) is 0.861. The third kappa shape index (κ3) is 6.09. The number of sulfonamides is 1. The molecule has 0 aliphatic carbocycles. The number of hydrogen-bond acceptors (Lipinski definition) is 4. The van der Waals surface area contributed by atoms with Crippen molar-refractivity contribution in [1.82, 2.24) is 4.31 Å². The van der Waals surface area contributed by atoms with Gasteiger partial charge in [-0.2, -0.15) is 0 Å². The van der Waals surface area contributed by atoms with E-state index in [1.807, 2.05) is 48.5 Å². The second-order valence-electron chi connectivity index (χ2n) is 8.12. The Morgan fingerprint density at radius 3 is 2.03 bits per heavy atom. The van der Waals surface area contributed by atoms with Gasteiger partial charge < -0.3 is 9.47 Å². The van der Waals surface area contributed by atoms with Gasteiger partial charge in [0.25, 0.3) is 0 Å². The topological polar surface area (TPSA) is 55.8 Å². The minimum absolute atomic E-state index is 0.0790. The number of alkyl halides is 3. The standard InChI is InChI=1S/C25H24F3NO4S/c1-34(30,31)29-15-13-20(14-16-29)32-22-6-4-5-19(17-22)24-8-3-2-7-23(24)18-9-11-21(12-10-18)33-25(26,27)28/h2-12,17,20H,13-16H2,1H3. The van der Waals surface area contributed by atoms with E-state index in [1.54, 1.807) is 12.1 Å². The van der Waals surface area contributed by atoms with Gasteiger partial charge in [-0.25, -0.2) is 12.7 Å². The first kappa shape index (κ1) is 24.1. The second kappa shape index (κ2) is 9.68. The summed E-state index contributed by atoms with van der Waals surface area (Å²) in [6.07, 6.45) is -2.38. The van der Waals surface area contributed by atoms with Crippen molar-refractivity contribution in [1.29, 1.82) is 0 Å². The molecule has 3 aromatic rings. The molecule has 0 aromatic heterocycles. The van der Waals surface area contributed by atoms with Crippen LogP contribution in [-0.2, 0) is 10.0 Å². The van der Waals surface area contributed by atoms with Crippen LogP contribution in [0.5, 0.6) is 11.5 Å². The molecule has 0 spiro atoms. The normalized spacial score (nSPS) is 15.8. The SMILES string of the molecule is CS(=O)(=O)N1CCC(Oc2cccc(-c3ccccc3-c3ccc(OC(F)(F)F)cc3)c2)CC1. The molecule has 4 rings (SSSR count). The fourth-order valence-corrected chi connectivity index (χ4v) is 4.91. The van der Waals surface area contributed by atoms with Crippen LogP contribution in [0.25, 0.3) is 22.3 Å². The molecule has 0 saturated carbocycles. The molecule has 0 bridgehead atoms. The van der Waals surface area contributed by atoms with Crippen molar-refractivity contribution in [3.63, 3.8) is 0 Å². The predicted octanol–water partition coefficient (Wildman–Crippen LogP) is 5.72. The Morgan fingerprint density at radius 1 is 0.824 bits per heavy atom. The van der Waals surface area contributed by atoms with E-state index in [0.29, 0.717) is 31.7 Å². The van der Waals surface area contributed by atoms with Gasteiger partial charge in [0.15, 0.2) is 0 Å². The average Bonchev–Trinajstić information content (AvgIpc) is 2.79. The van der Waals surface area contributed by atoms with Gasteiger partial charge in [0.2, 0.25) is 10.0 Å². The van der Waals surface area contributed by atoms with Crippen molar-refractivity contribution in [2.75, 3.05) is 19.3 Å². The maximum absolute atomic E-state index is 12.5. The highest BCUT2D eigenvalue weighted by atomic mass is 32.2. The Labute approximate surface area is 196 Å². The van der Waals surface area contributed by atoms with Crippen LogP contribution in [-0.4, -0.2) is 44.5 Å². The summed E-state index contributed by atoms with van der Waals surface area (Å²) in [7, 11) is -3.19. The lowest BCUT2D eigenvalue weighted by Gasteiger charge is -2.30. The maximum atomic E-state index is 12.5. The Kier molecular flexibility index (Phi) is 6.86. The first-order chi connectivity index (χ1) is 16.1. The molecular weight excluding hydrogens is 467 g/mol. The number of rotatable bonds is 6. The van der Waals surface area contributed by atoms with Crippen LogP contribution in [0.3, 0.4) is 0 Å². The molecule has 1 heterocycles. The van der Waals surface area contributed by atoms with Crippen molar-refractivity contribution in [3.8, 4) is 33.8 Å². The van der Waals surface area contributed by atoms with Gasteiger partial charge >= 0.3 is 6.36 Å². The van der Waals surface area contributed by atoms with Gasteiger partial charge in [0, 0.05) is 13.1 Å². The first-order valence-corrected chi connectivity index (χ1v) is 12.6. The van der Waals surface area contributed by atoms with Gasteiger partial charge in [-0.15, -0.1) is 13.2 Å². The Balaban J connectivity index is 1.52. The van der Waals surface area contributed by atoms with Crippen LogP contribution in [0.1, 0.15) is 12.8 Å². The summed E-state index contributed by atoms with van der Waals surface area (Å²) in [6, 6.07) is 21.0. The largest absolute Gasteiger partial charge is 0.573 e.